The van der Waals surface area contributed by atoms with Crippen LogP contribution in [0.4, 0.5) is 0 Å². The highest BCUT2D eigenvalue weighted by atomic mass is 32.1. The number of nitrogens with zero attached hydrogens (tertiary/aromatic N) is 5. The standard InChI is InChI=1S/C47H45N5O14S/c1-25-48-36(50-67-25)35(49-66-45(18-19-45)41(58)64-43(2,3)4)32(53)20-26-24-60-52(37(26)54)46(42(59)65-44(5,6)7)23-31(40(57)63-46)51-38(55)29-21-33-34(22-30(29)39(51)56)62-47(61-33,27-14-10-8-11-15-27)28-16-12-9-13-17-28/h8-17,21-22,26,31H,18-20,23-24H2,1-7H3/b49-35+/t26-,31-,46?/m0/s1. The van der Waals surface area contributed by atoms with Gasteiger partial charge in [0.1, 0.15) is 22.3 Å². The van der Waals surface area contributed by atoms with E-state index in [9.17, 15) is 33.6 Å². The number of carbonyl (C=O) groups is 7. The lowest BCUT2D eigenvalue weighted by Gasteiger charge is -2.35. The van der Waals surface area contributed by atoms with E-state index in [1.54, 1.807) is 48.5 Å². The van der Waals surface area contributed by atoms with E-state index in [-0.39, 0.29) is 47.0 Å². The maximum Gasteiger partial charge on any atom is 0.375 e. The van der Waals surface area contributed by atoms with Crippen LogP contribution in [0.25, 0.3) is 0 Å². The smallest absolute Gasteiger partial charge is 0.375 e. The molecule has 1 aromatic heterocycles. The molecule has 20 heteroatoms. The SMILES string of the molecule is Cc1nc(/C(=N/OC2(C(=O)OC(C)(C)C)CC2)C(=O)C[C@H]2CON(C3(C(=O)OC(C)(C)C)C[C@H](N4C(=O)c5cc6c(cc5C4=O)OC(c4ccccc4)(c4ccccc4)O6)C(=O)O3)C2=O)ns1. The third-order valence-corrected chi connectivity index (χ3v) is 12.0. The first-order valence-corrected chi connectivity index (χ1v) is 22.2. The molecule has 1 saturated carbocycles. The number of benzene rings is 3. The molecule has 1 aliphatic carbocycles. The van der Waals surface area contributed by atoms with Crippen LogP contribution in [-0.4, -0.2) is 102 Å². The highest BCUT2D eigenvalue weighted by Gasteiger charge is 2.66. The number of aromatic nitrogens is 2. The number of carbonyl (C=O) groups excluding carboxylic acids is 7. The molecule has 348 valence electrons. The van der Waals surface area contributed by atoms with Gasteiger partial charge in [0.25, 0.3) is 17.7 Å². The van der Waals surface area contributed by atoms with Gasteiger partial charge in [-0.3, -0.25) is 28.9 Å². The number of cyclic esters (lactones) is 1. The van der Waals surface area contributed by atoms with E-state index in [4.69, 9.17) is 33.4 Å². The Balaban J connectivity index is 0.968. The average Bonchev–Trinajstić information content (AvgIpc) is 3.56. The van der Waals surface area contributed by atoms with Crippen molar-refractivity contribution >= 4 is 58.7 Å². The summed E-state index contributed by atoms with van der Waals surface area (Å²) in [4.78, 5) is 115. The first kappa shape index (κ1) is 45.1. The van der Waals surface area contributed by atoms with Crippen molar-refractivity contribution in [2.45, 2.75) is 109 Å². The number of fused-ring (bicyclic) bond motifs is 2. The second kappa shape index (κ2) is 16.1. The molecular formula is C47H45N5O14S. The minimum atomic E-state index is -2.66. The summed E-state index contributed by atoms with van der Waals surface area (Å²) in [7, 11) is 0. The first-order chi connectivity index (χ1) is 31.6. The van der Waals surface area contributed by atoms with Crippen LogP contribution >= 0.6 is 11.5 Å². The predicted molar refractivity (Wildman–Crippen MR) is 231 cm³/mol. The Labute approximate surface area is 387 Å². The third-order valence-electron chi connectivity index (χ3n) is 11.3. The number of hydrogen-bond donors (Lipinski definition) is 0. The Morgan fingerprint density at radius 2 is 1.36 bits per heavy atom. The van der Waals surface area contributed by atoms with Crippen LogP contribution in [0.15, 0.2) is 78.0 Å². The summed E-state index contributed by atoms with van der Waals surface area (Å²) < 4.78 is 34.1. The van der Waals surface area contributed by atoms with Crippen molar-refractivity contribution in [3.05, 3.63) is 106 Å². The lowest BCUT2D eigenvalue weighted by Crippen LogP contribution is -2.57. The second-order valence-electron chi connectivity index (χ2n) is 18.7. The summed E-state index contributed by atoms with van der Waals surface area (Å²) in [5.74, 6) is -9.20. The van der Waals surface area contributed by atoms with Crippen LogP contribution in [0.2, 0.25) is 0 Å². The molecule has 3 amide bonds. The van der Waals surface area contributed by atoms with Crippen LogP contribution < -0.4 is 9.47 Å². The van der Waals surface area contributed by atoms with Crippen molar-refractivity contribution in [2.75, 3.05) is 6.61 Å². The van der Waals surface area contributed by atoms with Crippen LogP contribution in [0.5, 0.6) is 11.5 Å². The van der Waals surface area contributed by atoms with Crippen LogP contribution in [0.3, 0.4) is 0 Å². The van der Waals surface area contributed by atoms with Crippen LogP contribution in [0.1, 0.15) is 110 Å². The van der Waals surface area contributed by atoms with Crippen LogP contribution in [0, 0.1) is 12.8 Å². The summed E-state index contributed by atoms with van der Waals surface area (Å²) in [6.45, 7) is 10.9. The van der Waals surface area contributed by atoms with Gasteiger partial charge in [0, 0.05) is 30.4 Å². The number of Topliss-reactive ketones (excluding diaryl/α,β-unsaturated/α-hetero) is 1. The zero-order valence-electron chi connectivity index (χ0n) is 37.5. The van der Waals surface area contributed by atoms with Gasteiger partial charge in [-0.05, 0) is 72.1 Å². The van der Waals surface area contributed by atoms with Gasteiger partial charge in [-0.15, -0.1) is 0 Å². The van der Waals surface area contributed by atoms with Gasteiger partial charge in [-0.2, -0.15) is 9.44 Å². The normalized spacial score (nSPS) is 22.7. The van der Waals surface area contributed by atoms with E-state index in [1.807, 2.05) is 60.7 Å². The fourth-order valence-corrected chi connectivity index (χ4v) is 8.51. The predicted octanol–water partition coefficient (Wildman–Crippen LogP) is 5.11. The van der Waals surface area contributed by atoms with E-state index in [2.05, 4.69) is 14.5 Å². The number of oxime groups is 1. The van der Waals surface area contributed by atoms with E-state index < -0.39 is 101 Å². The molecule has 1 unspecified atom stereocenters. The molecule has 2 saturated heterocycles. The summed E-state index contributed by atoms with van der Waals surface area (Å²) in [6.07, 6.45) is -0.809. The van der Waals surface area contributed by atoms with E-state index in [0.29, 0.717) is 26.1 Å². The molecule has 0 N–H and O–H groups in total. The van der Waals surface area contributed by atoms with Gasteiger partial charge in [0.2, 0.25) is 5.60 Å². The topological polar surface area (TPSA) is 229 Å². The zero-order chi connectivity index (χ0) is 47.8. The molecule has 4 aliphatic heterocycles. The van der Waals surface area contributed by atoms with Gasteiger partial charge in [0.15, 0.2) is 28.8 Å². The van der Waals surface area contributed by atoms with Crippen molar-refractivity contribution in [3.8, 4) is 11.5 Å². The Morgan fingerprint density at radius 1 is 0.806 bits per heavy atom. The molecule has 0 spiro atoms. The molecular weight excluding hydrogens is 891 g/mol. The minimum absolute atomic E-state index is 0.107. The molecule has 67 heavy (non-hydrogen) atoms. The summed E-state index contributed by atoms with van der Waals surface area (Å²) >= 11 is 0.986. The number of imide groups is 1. The number of hydrogen-bond acceptors (Lipinski definition) is 18. The van der Waals surface area contributed by atoms with Gasteiger partial charge >= 0.3 is 29.4 Å². The average molecular weight is 936 g/mol. The quantitative estimate of drug-likeness (QED) is 0.0591. The van der Waals surface area contributed by atoms with Crippen molar-refractivity contribution < 1.29 is 66.9 Å². The van der Waals surface area contributed by atoms with Crippen LogP contribution in [-0.2, 0) is 53.6 Å². The van der Waals surface area contributed by atoms with Crippen molar-refractivity contribution in [3.63, 3.8) is 0 Å². The molecule has 9 rings (SSSR count). The van der Waals surface area contributed by atoms with E-state index in [0.717, 1.165) is 11.5 Å². The number of rotatable bonds is 12. The second-order valence-corrected chi connectivity index (χ2v) is 19.7. The van der Waals surface area contributed by atoms with Gasteiger partial charge in [0.05, 0.1) is 30.1 Å². The molecule has 3 fully saturated rings. The summed E-state index contributed by atoms with van der Waals surface area (Å²) in [6, 6.07) is 19.2. The van der Waals surface area contributed by atoms with E-state index >= 15 is 0 Å². The Kier molecular flexibility index (Phi) is 10.8. The van der Waals surface area contributed by atoms with Crippen molar-refractivity contribution in [1.82, 2.24) is 19.3 Å². The number of esters is 3. The molecule has 0 radical (unpaired) electrons. The third kappa shape index (κ3) is 8.06. The number of amides is 3. The largest absolute Gasteiger partial charge is 0.457 e. The lowest BCUT2D eigenvalue weighted by molar-refractivity contribution is -0.263. The monoisotopic (exact) mass is 935 g/mol. The summed E-state index contributed by atoms with van der Waals surface area (Å²) in [5.41, 5.74) is -5.40. The van der Waals surface area contributed by atoms with E-state index in [1.165, 1.54) is 12.1 Å². The zero-order valence-corrected chi connectivity index (χ0v) is 38.3. The number of ether oxygens (including phenoxy) is 5. The van der Waals surface area contributed by atoms with Gasteiger partial charge < -0.3 is 28.5 Å². The number of hydroxylamine groups is 2. The Bertz CT molecular complexity index is 2690. The Morgan fingerprint density at radius 3 is 1.87 bits per heavy atom. The van der Waals surface area contributed by atoms with Gasteiger partial charge in [-0.25, -0.2) is 19.4 Å². The van der Waals surface area contributed by atoms with Crippen molar-refractivity contribution in [2.24, 2.45) is 11.1 Å². The van der Waals surface area contributed by atoms with Crippen molar-refractivity contribution in [1.29, 1.82) is 0 Å². The lowest BCUT2D eigenvalue weighted by atomic mass is 9.97. The van der Waals surface area contributed by atoms with Gasteiger partial charge in [-0.1, -0.05) is 65.8 Å². The molecule has 5 heterocycles. The maximum atomic E-state index is 14.3. The molecule has 0 bridgehead atoms. The summed E-state index contributed by atoms with van der Waals surface area (Å²) in [5, 5.41) is 5.06. The number of ketones is 1. The first-order valence-electron chi connectivity index (χ1n) is 21.5. The molecule has 4 aromatic rings. The highest BCUT2D eigenvalue weighted by Crippen LogP contribution is 2.51. The maximum absolute atomic E-state index is 14.3. The highest BCUT2D eigenvalue weighted by molar-refractivity contribution is 7.05. The molecule has 5 aliphatic rings. The number of aryl methyl sites for hydroxylation is 1. The fraction of sp³-hybridized carbons (Fsp3) is 0.404. The molecule has 19 nitrogen and oxygen atoms in total. The molecule has 3 atom stereocenters. The fourth-order valence-electron chi connectivity index (χ4n) is 8.04. The Hall–Kier alpha value is -7.06. The molecule has 3 aromatic carbocycles. The minimum Gasteiger partial charge on any atom is -0.457 e.